The summed E-state index contributed by atoms with van der Waals surface area (Å²) in [6.45, 7) is 4.00. The Kier molecular flexibility index (Phi) is 3.85. The number of carbonyl (C=O) groups excluding carboxylic acids is 1. The second kappa shape index (κ2) is 5.14. The molecule has 0 N–H and O–H groups in total. The molecule has 0 aliphatic rings. The van der Waals surface area contributed by atoms with Gasteiger partial charge in [0, 0.05) is 17.8 Å². The van der Waals surface area contributed by atoms with Gasteiger partial charge in [0.15, 0.2) is 0 Å². The van der Waals surface area contributed by atoms with E-state index >= 15 is 0 Å². The van der Waals surface area contributed by atoms with Crippen molar-refractivity contribution in [1.82, 2.24) is 9.55 Å². The first-order chi connectivity index (χ1) is 7.33. The van der Waals surface area contributed by atoms with Crippen molar-refractivity contribution >= 4 is 17.1 Å². The predicted octanol–water partition coefficient (Wildman–Crippen LogP) is 2.68. The van der Waals surface area contributed by atoms with Crippen molar-refractivity contribution in [1.29, 1.82) is 0 Å². The van der Waals surface area contributed by atoms with Gasteiger partial charge in [0.05, 0.1) is 7.11 Å². The van der Waals surface area contributed by atoms with Crippen LogP contribution < -0.4 is 0 Å². The van der Waals surface area contributed by atoms with Crippen LogP contribution in [0.15, 0.2) is 30.6 Å². The number of fused-ring (bicyclic) bond motifs is 1. The van der Waals surface area contributed by atoms with Crippen molar-refractivity contribution in [2.24, 2.45) is 0 Å². The van der Waals surface area contributed by atoms with Gasteiger partial charge in [-0.15, -0.1) is 0 Å². The van der Waals surface area contributed by atoms with Crippen molar-refractivity contribution in [2.45, 2.75) is 13.8 Å². The number of hydrogen-bond donors (Lipinski definition) is 0. The molecule has 2 heterocycles. The van der Waals surface area contributed by atoms with Crippen LogP contribution in [0.3, 0.4) is 0 Å². The van der Waals surface area contributed by atoms with Crippen molar-refractivity contribution in [3.8, 4) is 0 Å². The van der Waals surface area contributed by atoms with E-state index in [1.807, 2.05) is 32.0 Å². The zero-order valence-electron chi connectivity index (χ0n) is 9.10. The molecule has 0 atom stereocenters. The van der Waals surface area contributed by atoms with Gasteiger partial charge >= 0.3 is 6.09 Å². The van der Waals surface area contributed by atoms with Gasteiger partial charge in [0.1, 0.15) is 5.65 Å². The molecule has 15 heavy (non-hydrogen) atoms. The van der Waals surface area contributed by atoms with Crippen LogP contribution in [0.2, 0.25) is 0 Å². The van der Waals surface area contributed by atoms with Gasteiger partial charge in [-0.1, -0.05) is 13.8 Å². The molecule has 0 unspecified atom stereocenters. The number of methoxy groups -OCH3 is 1. The fraction of sp³-hybridized carbons (Fsp3) is 0.273. The molecule has 4 heteroatoms. The van der Waals surface area contributed by atoms with Gasteiger partial charge in [-0.3, -0.25) is 0 Å². The Labute approximate surface area is 88.5 Å². The third-order valence-corrected chi connectivity index (χ3v) is 1.82. The largest absolute Gasteiger partial charge is 0.452 e. The normalized spacial score (nSPS) is 9.27. The highest BCUT2D eigenvalue weighted by Crippen LogP contribution is 2.11. The Morgan fingerprint density at radius 2 is 2.13 bits per heavy atom. The second-order valence-electron chi connectivity index (χ2n) is 2.57. The number of carbonyl (C=O) groups is 1. The Bertz CT molecular complexity index is 449. The summed E-state index contributed by atoms with van der Waals surface area (Å²) in [4.78, 5) is 15.3. The van der Waals surface area contributed by atoms with Crippen LogP contribution in [-0.2, 0) is 4.74 Å². The predicted molar refractivity (Wildman–Crippen MR) is 58.9 cm³/mol. The van der Waals surface area contributed by atoms with Crippen molar-refractivity contribution in [2.75, 3.05) is 7.11 Å². The fourth-order valence-corrected chi connectivity index (χ4v) is 1.21. The summed E-state index contributed by atoms with van der Waals surface area (Å²) in [5, 5.41) is 0.924. The molecule has 0 amide bonds. The number of hydrogen-bond acceptors (Lipinski definition) is 3. The monoisotopic (exact) mass is 206 g/mol. The van der Waals surface area contributed by atoms with Gasteiger partial charge in [-0.2, -0.15) is 0 Å². The van der Waals surface area contributed by atoms with Gasteiger partial charge in [0.25, 0.3) is 0 Å². The van der Waals surface area contributed by atoms with E-state index in [4.69, 9.17) is 0 Å². The molecular weight excluding hydrogens is 192 g/mol. The summed E-state index contributed by atoms with van der Waals surface area (Å²) in [7, 11) is 1.34. The van der Waals surface area contributed by atoms with E-state index < -0.39 is 6.09 Å². The summed E-state index contributed by atoms with van der Waals surface area (Å²) in [6, 6.07) is 5.53. The van der Waals surface area contributed by atoms with E-state index in [0.29, 0.717) is 5.65 Å². The molecule has 0 aromatic carbocycles. The third kappa shape index (κ3) is 2.15. The van der Waals surface area contributed by atoms with Crippen LogP contribution in [0.25, 0.3) is 11.0 Å². The molecule has 0 spiro atoms. The maximum atomic E-state index is 11.2. The van der Waals surface area contributed by atoms with E-state index in [2.05, 4.69) is 9.72 Å². The van der Waals surface area contributed by atoms with E-state index in [-0.39, 0.29) is 0 Å². The van der Waals surface area contributed by atoms with Crippen LogP contribution in [-0.4, -0.2) is 22.8 Å². The lowest BCUT2D eigenvalue weighted by Crippen LogP contribution is -2.10. The number of rotatable bonds is 0. The average molecular weight is 206 g/mol. The van der Waals surface area contributed by atoms with Crippen LogP contribution in [0, 0.1) is 0 Å². The maximum Gasteiger partial charge on any atom is 0.419 e. The molecule has 80 valence electrons. The fourth-order valence-electron chi connectivity index (χ4n) is 1.21. The van der Waals surface area contributed by atoms with Crippen LogP contribution in [0.1, 0.15) is 13.8 Å². The maximum absolute atomic E-state index is 11.2. The highest BCUT2D eigenvalue weighted by molar-refractivity contribution is 5.86. The summed E-state index contributed by atoms with van der Waals surface area (Å²) >= 11 is 0. The summed E-state index contributed by atoms with van der Waals surface area (Å²) in [5.41, 5.74) is 0.620. The van der Waals surface area contributed by atoms with Crippen molar-refractivity contribution < 1.29 is 9.53 Å². The molecule has 0 radical (unpaired) electrons. The molecular formula is C11H14N2O2. The molecule has 4 nitrogen and oxygen atoms in total. The van der Waals surface area contributed by atoms with Crippen LogP contribution in [0.5, 0.6) is 0 Å². The lowest BCUT2D eigenvalue weighted by molar-refractivity contribution is 0.174. The number of pyridine rings is 1. The van der Waals surface area contributed by atoms with Gasteiger partial charge < -0.3 is 4.74 Å². The Morgan fingerprint density at radius 1 is 1.40 bits per heavy atom. The van der Waals surface area contributed by atoms with E-state index in [9.17, 15) is 4.79 Å². The highest BCUT2D eigenvalue weighted by atomic mass is 16.5. The minimum Gasteiger partial charge on any atom is -0.452 e. The van der Waals surface area contributed by atoms with Gasteiger partial charge in [0.2, 0.25) is 0 Å². The summed E-state index contributed by atoms with van der Waals surface area (Å²) in [6.07, 6.45) is 2.86. The first-order valence-corrected chi connectivity index (χ1v) is 4.83. The van der Waals surface area contributed by atoms with Gasteiger partial charge in [-0.05, 0) is 18.2 Å². The highest BCUT2D eigenvalue weighted by Gasteiger charge is 2.07. The van der Waals surface area contributed by atoms with E-state index in [1.54, 1.807) is 12.4 Å². The SMILES string of the molecule is CC.COC(=O)n1ccc2cccnc21. The molecule has 0 bridgehead atoms. The number of aromatic nitrogens is 2. The molecule has 2 rings (SSSR count). The first kappa shape index (κ1) is 11.2. The minimum atomic E-state index is -0.423. The lowest BCUT2D eigenvalue weighted by atomic mass is 10.3. The molecule has 0 saturated heterocycles. The Hall–Kier alpha value is -1.84. The van der Waals surface area contributed by atoms with Crippen molar-refractivity contribution in [3.63, 3.8) is 0 Å². The van der Waals surface area contributed by atoms with E-state index in [1.165, 1.54) is 11.7 Å². The van der Waals surface area contributed by atoms with Crippen LogP contribution >= 0.6 is 0 Å². The van der Waals surface area contributed by atoms with Crippen LogP contribution in [0.4, 0.5) is 4.79 Å². The molecule has 0 aliphatic carbocycles. The van der Waals surface area contributed by atoms with Crippen molar-refractivity contribution in [3.05, 3.63) is 30.6 Å². The number of ether oxygens (including phenoxy) is 1. The summed E-state index contributed by atoms with van der Waals surface area (Å²) < 4.78 is 5.96. The molecule has 2 aromatic heterocycles. The zero-order valence-corrected chi connectivity index (χ0v) is 9.10. The molecule has 0 saturated carbocycles. The minimum absolute atomic E-state index is 0.423. The average Bonchev–Trinajstić information content (AvgIpc) is 2.74. The standard InChI is InChI=1S/C9H8N2O2.C2H6/c1-13-9(12)11-6-4-7-3-2-5-10-8(7)11;1-2/h2-6H,1H3;1-2H3. The van der Waals surface area contributed by atoms with Gasteiger partial charge in [-0.25, -0.2) is 14.3 Å². The first-order valence-electron chi connectivity index (χ1n) is 4.83. The zero-order chi connectivity index (χ0) is 11.3. The lowest BCUT2D eigenvalue weighted by Gasteiger charge is -1.99. The summed E-state index contributed by atoms with van der Waals surface area (Å²) in [5.74, 6) is 0. The molecule has 0 aliphatic heterocycles. The third-order valence-electron chi connectivity index (χ3n) is 1.82. The molecule has 0 fully saturated rings. The Morgan fingerprint density at radius 3 is 2.80 bits per heavy atom. The molecule has 2 aromatic rings. The quantitative estimate of drug-likeness (QED) is 0.665. The smallest absolute Gasteiger partial charge is 0.419 e. The Balaban J connectivity index is 0.000000531. The second-order valence-corrected chi connectivity index (χ2v) is 2.57. The topological polar surface area (TPSA) is 44.1 Å². The number of nitrogens with zero attached hydrogens (tertiary/aromatic N) is 2. The van der Waals surface area contributed by atoms with E-state index in [0.717, 1.165) is 5.39 Å².